The maximum absolute atomic E-state index is 12.2. The summed E-state index contributed by atoms with van der Waals surface area (Å²) in [5, 5.41) is 15.7. The molecule has 5 rings (SSSR count). The minimum Gasteiger partial charge on any atom is -0.508 e. The fourth-order valence-corrected chi connectivity index (χ4v) is 4.17. The Balaban J connectivity index is 1.41. The zero-order chi connectivity index (χ0) is 19.5. The second kappa shape index (κ2) is 5.85. The fourth-order valence-electron chi connectivity index (χ4n) is 4.17. The molecule has 3 atom stereocenters. The summed E-state index contributed by atoms with van der Waals surface area (Å²) in [5.41, 5.74) is 0.987. The molecule has 1 aliphatic heterocycles. The van der Waals surface area contributed by atoms with Crippen LogP contribution in [0, 0.1) is 11.3 Å². The van der Waals surface area contributed by atoms with Gasteiger partial charge < -0.3 is 19.9 Å². The van der Waals surface area contributed by atoms with E-state index < -0.39 is 5.41 Å². The molecule has 1 aromatic heterocycles. The summed E-state index contributed by atoms with van der Waals surface area (Å²) >= 11 is 0. The van der Waals surface area contributed by atoms with Crippen molar-refractivity contribution in [1.82, 2.24) is 10.3 Å². The number of esters is 1. The number of fused-ring (bicyclic) bond motifs is 2. The fraction of sp³-hybridized carbons (Fsp3) is 0.350. The molecular weight excluding hydrogens is 362 g/mol. The molecule has 2 aliphatic carbocycles. The Hall–Kier alpha value is -3.29. The number of hydrogen-bond acceptors (Lipinski definition) is 6. The van der Waals surface area contributed by atoms with Gasteiger partial charge in [0.25, 0.3) is 0 Å². The van der Waals surface area contributed by atoms with E-state index in [1.807, 2.05) is 0 Å². The van der Waals surface area contributed by atoms with Crippen LogP contribution in [0.4, 0.5) is 10.6 Å². The second-order valence-electron chi connectivity index (χ2n) is 7.32. The van der Waals surface area contributed by atoms with E-state index in [1.165, 1.54) is 0 Å². The molecule has 2 amide bonds. The van der Waals surface area contributed by atoms with Crippen molar-refractivity contribution in [1.29, 1.82) is 0 Å². The number of aromatic nitrogens is 1. The van der Waals surface area contributed by atoms with Crippen LogP contribution in [0.3, 0.4) is 0 Å². The maximum atomic E-state index is 12.2. The highest BCUT2D eigenvalue weighted by atomic mass is 16.5. The molecule has 2 aromatic rings. The van der Waals surface area contributed by atoms with Gasteiger partial charge in [-0.2, -0.15) is 0 Å². The van der Waals surface area contributed by atoms with Crippen LogP contribution >= 0.6 is 0 Å². The predicted molar refractivity (Wildman–Crippen MR) is 98.2 cm³/mol. The van der Waals surface area contributed by atoms with Crippen LogP contribution < -0.4 is 15.4 Å². The van der Waals surface area contributed by atoms with Gasteiger partial charge in [-0.15, -0.1) is 0 Å². The number of nitrogens with zero attached hydrogens (tertiary/aromatic N) is 1. The van der Waals surface area contributed by atoms with Crippen molar-refractivity contribution in [3.05, 3.63) is 41.6 Å². The molecular formula is C20H19N3O5. The van der Waals surface area contributed by atoms with Crippen LogP contribution in [0.5, 0.6) is 17.2 Å². The average molecular weight is 381 g/mol. The molecule has 0 bridgehead atoms. The van der Waals surface area contributed by atoms with Crippen LogP contribution in [-0.4, -0.2) is 28.7 Å². The molecule has 1 aromatic carbocycles. The minimum atomic E-state index is -0.462. The summed E-state index contributed by atoms with van der Waals surface area (Å²) in [4.78, 5) is 27.9. The smallest absolute Gasteiger partial charge is 0.320 e. The topological polar surface area (TPSA) is 110 Å². The summed E-state index contributed by atoms with van der Waals surface area (Å²) in [5.74, 6) is 1.76. The number of rotatable bonds is 5. The predicted octanol–water partition coefficient (Wildman–Crippen LogP) is 2.88. The molecule has 2 fully saturated rings. The van der Waals surface area contributed by atoms with Crippen LogP contribution in [0.1, 0.15) is 30.4 Å². The summed E-state index contributed by atoms with van der Waals surface area (Å²) < 4.78 is 11.2. The molecule has 3 unspecified atom stereocenters. The number of phenolic OH excluding ortho intramolecular Hbond substituents is 1. The minimum absolute atomic E-state index is 0.0255. The van der Waals surface area contributed by atoms with Crippen molar-refractivity contribution >= 4 is 17.8 Å². The number of ether oxygens (including phenoxy) is 2. The third-order valence-electron chi connectivity index (χ3n) is 5.80. The number of urea groups is 1. The second-order valence-corrected chi connectivity index (χ2v) is 7.32. The van der Waals surface area contributed by atoms with Gasteiger partial charge in [0.2, 0.25) is 0 Å². The van der Waals surface area contributed by atoms with Crippen LogP contribution in [-0.2, 0) is 16.1 Å². The first-order valence-corrected chi connectivity index (χ1v) is 9.25. The summed E-state index contributed by atoms with van der Waals surface area (Å²) in [7, 11) is 0. The summed E-state index contributed by atoms with van der Waals surface area (Å²) in [6.45, 7) is 2.46. The molecule has 2 heterocycles. The number of amides is 2. The van der Waals surface area contributed by atoms with Gasteiger partial charge in [0.15, 0.2) is 0 Å². The van der Waals surface area contributed by atoms with Gasteiger partial charge in [0.1, 0.15) is 23.1 Å². The first-order valence-electron chi connectivity index (χ1n) is 9.25. The van der Waals surface area contributed by atoms with Gasteiger partial charge in [-0.3, -0.25) is 10.1 Å². The van der Waals surface area contributed by atoms with Crippen molar-refractivity contribution in [3.63, 3.8) is 0 Å². The Morgan fingerprint density at radius 1 is 1.39 bits per heavy atom. The third-order valence-corrected chi connectivity index (χ3v) is 5.80. The Labute approximate surface area is 160 Å². The number of aromatic hydroxyl groups is 1. The molecule has 8 nitrogen and oxygen atoms in total. The number of pyridine rings is 1. The lowest BCUT2D eigenvalue weighted by molar-refractivity contribution is -0.147. The Morgan fingerprint density at radius 2 is 2.25 bits per heavy atom. The number of nitrogens with one attached hydrogen (secondary N) is 2. The van der Waals surface area contributed by atoms with E-state index in [-0.39, 0.29) is 29.6 Å². The Morgan fingerprint density at radius 3 is 3.04 bits per heavy atom. The van der Waals surface area contributed by atoms with Crippen LogP contribution in [0.15, 0.2) is 30.5 Å². The molecule has 3 N–H and O–H groups in total. The largest absolute Gasteiger partial charge is 0.508 e. The normalized spacial score (nSPS) is 26.2. The highest BCUT2D eigenvalue weighted by Gasteiger charge is 2.84. The van der Waals surface area contributed by atoms with Crippen LogP contribution in [0.25, 0.3) is 0 Å². The molecule has 144 valence electrons. The quantitative estimate of drug-likeness (QED) is 0.687. The van der Waals surface area contributed by atoms with Crippen molar-refractivity contribution in [2.75, 3.05) is 11.9 Å². The number of benzene rings is 1. The first-order chi connectivity index (χ1) is 13.5. The Bertz CT molecular complexity index is 1010. The number of carbonyl (C=O) groups excluding carboxylic acids is 2. The highest BCUT2D eigenvalue weighted by molar-refractivity contribution is 5.91. The number of hydrogen-bond donors (Lipinski definition) is 3. The molecule has 3 aliphatic rings. The molecule has 8 heteroatoms. The van der Waals surface area contributed by atoms with E-state index >= 15 is 0 Å². The molecule has 0 saturated heterocycles. The Kier molecular flexibility index (Phi) is 3.52. The number of carbonyl (C=O) groups is 2. The van der Waals surface area contributed by atoms with Crippen molar-refractivity contribution in [2.24, 2.45) is 11.3 Å². The van der Waals surface area contributed by atoms with E-state index in [0.717, 1.165) is 12.0 Å². The van der Waals surface area contributed by atoms with E-state index in [1.54, 1.807) is 37.4 Å². The van der Waals surface area contributed by atoms with Gasteiger partial charge in [-0.1, -0.05) is 0 Å². The van der Waals surface area contributed by atoms with Crippen molar-refractivity contribution in [2.45, 2.75) is 25.8 Å². The lowest BCUT2D eigenvalue weighted by Gasteiger charge is -2.20. The third kappa shape index (κ3) is 2.41. The molecule has 0 spiro atoms. The van der Waals surface area contributed by atoms with Crippen LogP contribution in [0.2, 0.25) is 0 Å². The van der Waals surface area contributed by atoms with Gasteiger partial charge in [0.05, 0.1) is 24.1 Å². The van der Waals surface area contributed by atoms with Gasteiger partial charge in [0, 0.05) is 17.7 Å². The average Bonchev–Trinajstić information content (AvgIpc) is 3.55. The zero-order valence-electron chi connectivity index (χ0n) is 15.2. The monoisotopic (exact) mass is 381 g/mol. The lowest BCUT2D eigenvalue weighted by atomic mass is 9.96. The number of phenols is 1. The zero-order valence-corrected chi connectivity index (χ0v) is 15.2. The standard InChI is InChI=1S/C20H19N3O5/c1-2-27-18(25)20-8-13(20)16(20)11-7-10(3-4-14(11)24)28-15-5-6-21-17-12(15)9-22-19(26)23-17/h3-7,13,16,24H,2,8-9H2,1H3,(H2,21,22,23,26). The number of anilines is 1. The van der Waals surface area contributed by atoms with Crippen molar-refractivity contribution in [3.8, 4) is 17.2 Å². The molecule has 28 heavy (non-hydrogen) atoms. The van der Waals surface area contributed by atoms with E-state index in [9.17, 15) is 14.7 Å². The summed E-state index contributed by atoms with van der Waals surface area (Å²) in [6.07, 6.45) is 2.37. The van der Waals surface area contributed by atoms with Gasteiger partial charge in [-0.25, -0.2) is 9.78 Å². The van der Waals surface area contributed by atoms with Crippen molar-refractivity contribution < 1.29 is 24.2 Å². The van der Waals surface area contributed by atoms with E-state index in [0.29, 0.717) is 36.0 Å². The SMILES string of the molecule is CCOC(=O)C12CC1C2c1cc(Oc2ccnc3c2CNC(=O)N3)ccc1O. The highest BCUT2D eigenvalue weighted by Crippen LogP contribution is 2.85. The molecule has 0 radical (unpaired) electrons. The molecule has 2 saturated carbocycles. The first kappa shape index (κ1) is 16.9. The lowest BCUT2D eigenvalue weighted by Crippen LogP contribution is -2.34. The van der Waals surface area contributed by atoms with E-state index in [4.69, 9.17) is 9.47 Å². The van der Waals surface area contributed by atoms with Gasteiger partial charge >= 0.3 is 12.0 Å². The maximum Gasteiger partial charge on any atom is 0.320 e. The summed E-state index contributed by atoms with van der Waals surface area (Å²) in [6, 6.07) is 6.44. The van der Waals surface area contributed by atoms with E-state index in [2.05, 4.69) is 15.6 Å². The van der Waals surface area contributed by atoms with Gasteiger partial charge in [-0.05, 0) is 43.5 Å².